The van der Waals surface area contributed by atoms with Gasteiger partial charge in [-0.25, -0.2) is 0 Å². The smallest absolute Gasteiger partial charge is 0.243 e. The number of imide groups is 1. The molecular weight excluding hydrogens is 284 g/mol. The Morgan fingerprint density at radius 2 is 1.81 bits per heavy atom. The standard InChI is InChI=1S/C16H20N2O2S/c1-12-14(7-8-21-12)18-15(19)10-17(11-16(18)20)9-13-5-3-2-4-6-13/h2-6,12,14H,7-11H2,1H3. The van der Waals surface area contributed by atoms with Gasteiger partial charge in [0, 0.05) is 11.8 Å². The van der Waals surface area contributed by atoms with E-state index in [9.17, 15) is 9.59 Å². The van der Waals surface area contributed by atoms with Gasteiger partial charge in [-0.05, 0) is 17.7 Å². The fraction of sp³-hybridized carbons (Fsp3) is 0.500. The van der Waals surface area contributed by atoms with Gasteiger partial charge in [-0.15, -0.1) is 0 Å². The molecule has 2 fully saturated rings. The Labute approximate surface area is 129 Å². The summed E-state index contributed by atoms with van der Waals surface area (Å²) in [6, 6.07) is 10.1. The molecule has 1 aromatic carbocycles. The Balaban J connectivity index is 1.67. The lowest BCUT2D eigenvalue weighted by atomic mass is 10.1. The first-order valence-corrected chi connectivity index (χ1v) is 8.43. The summed E-state index contributed by atoms with van der Waals surface area (Å²) in [6.07, 6.45) is 0.933. The van der Waals surface area contributed by atoms with Crippen LogP contribution in [0.4, 0.5) is 0 Å². The van der Waals surface area contributed by atoms with Gasteiger partial charge >= 0.3 is 0 Å². The van der Waals surface area contributed by atoms with Crippen molar-refractivity contribution in [2.75, 3.05) is 18.8 Å². The Morgan fingerprint density at radius 3 is 2.38 bits per heavy atom. The minimum Gasteiger partial charge on any atom is -0.281 e. The van der Waals surface area contributed by atoms with Crippen LogP contribution in [0, 0.1) is 0 Å². The second-order valence-electron chi connectivity index (χ2n) is 5.72. The molecule has 0 bridgehead atoms. The highest BCUT2D eigenvalue weighted by Gasteiger charge is 2.40. The summed E-state index contributed by atoms with van der Waals surface area (Å²) in [4.78, 5) is 28.3. The molecule has 1 aromatic rings. The van der Waals surface area contributed by atoms with E-state index in [1.165, 1.54) is 4.90 Å². The van der Waals surface area contributed by atoms with Crippen molar-refractivity contribution in [2.45, 2.75) is 31.2 Å². The number of thioether (sulfide) groups is 1. The van der Waals surface area contributed by atoms with Crippen molar-refractivity contribution in [1.29, 1.82) is 0 Å². The van der Waals surface area contributed by atoms with Crippen molar-refractivity contribution in [3.63, 3.8) is 0 Å². The second-order valence-corrected chi connectivity index (χ2v) is 7.21. The van der Waals surface area contributed by atoms with E-state index >= 15 is 0 Å². The molecule has 21 heavy (non-hydrogen) atoms. The molecule has 3 rings (SSSR count). The van der Waals surface area contributed by atoms with Crippen LogP contribution in [0.3, 0.4) is 0 Å². The van der Waals surface area contributed by atoms with Crippen LogP contribution in [0.2, 0.25) is 0 Å². The number of amides is 2. The van der Waals surface area contributed by atoms with Gasteiger partial charge in [0.1, 0.15) is 0 Å². The van der Waals surface area contributed by atoms with E-state index in [-0.39, 0.29) is 17.9 Å². The maximum absolute atomic E-state index is 12.4. The van der Waals surface area contributed by atoms with Crippen LogP contribution >= 0.6 is 11.8 Å². The summed E-state index contributed by atoms with van der Waals surface area (Å²) in [5.74, 6) is 0.958. The lowest BCUT2D eigenvalue weighted by molar-refractivity contribution is -0.154. The highest BCUT2D eigenvalue weighted by atomic mass is 32.2. The summed E-state index contributed by atoms with van der Waals surface area (Å²) in [6.45, 7) is 3.45. The fourth-order valence-corrected chi connectivity index (χ4v) is 4.34. The molecule has 112 valence electrons. The molecule has 0 radical (unpaired) electrons. The minimum atomic E-state index is -0.0402. The third kappa shape index (κ3) is 3.14. The van der Waals surface area contributed by atoms with Gasteiger partial charge in [0.05, 0.1) is 19.1 Å². The zero-order valence-electron chi connectivity index (χ0n) is 12.2. The molecule has 2 unspecified atom stereocenters. The van der Waals surface area contributed by atoms with E-state index in [1.807, 2.05) is 47.0 Å². The van der Waals surface area contributed by atoms with Crippen LogP contribution in [0.15, 0.2) is 30.3 Å². The lowest BCUT2D eigenvalue weighted by Crippen LogP contribution is -2.58. The second kappa shape index (κ2) is 6.20. The van der Waals surface area contributed by atoms with Crippen molar-refractivity contribution in [2.24, 2.45) is 0 Å². The third-order valence-electron chi connectivity index (χ3n) is 4.17. The topological polar surface area (TPSA) is 40.6 Å². The molecular formula is C16H20N2O2S. The Bertz CT molecular complexity index is 516. The number of carbonyl (C=O) groups is 2. The predicted molar refractivity (Wildman–Crippen MR) is 83.9 cm³/mol. The predicted octanol–water partition coefficient (Wildman–Crippen LogP) is 1.75. The van der Waals surface area contributed by atoms with E-state index in [2.05, 4.69) is 6.92 Å². The van der Waals surface area contributed by atoms with Crippen LogP contribution in [0.1, 0.15) is 18.9 Å². The normalized spacial score (nSPS) is 27.4. The molecule has 5 heteroatoms. The first kappa shape index (κ1) is 14.6. The maximum atomic E-state index is 12.4. The average molecular weight is 304 g/mol. The van der Waals surface area contributed by atoms with Crippen molar-refractivity contribution < 1.29 is 9.59 Å². The lowest BCUT2D eigenvalue weighted by Gasteiger charge is -2.37. The van der Waals surface area contributed by atoms with Crippen LogP contribution in [0.5, 0.6) is 0 Å². The van der Waals surface area contributed by atoms with Crippen LogP contribution in [0.25, 0.3) is 0 Å². The summed E-state index contributed by atoms with van der Waals surface area (Å²) in [5.41, 5.74) is 1.14. The van der Waals surface area contributed by atoms with Gasteiger partial charge in [-0.1, -0.05) is 37.3 Å². The molecule has 0 spiro atoms. The maximum Gasteiger partial charge on any atom is 0.243 e. The van der Waals surface area contributed by atoms with Gasteiger partial charge in [-0.2, -0.15) is 11.8 Å². The van der Waals surface area contributed by atoms with E-state index in [1.54, 1.807) is 0 Å². The number of carbonyl (C=O) groups excluding carboxylic acids is 2. The third-order valence-corrected chi connectivity index (χ3v) is 5.48. The van der Waals surface area contributed by atoms with E-state index < -0.39 is 0 Å². The number of hydrogen-bond acceptors (Lipinski definition) is 4. The van der Waals surface area contributed by atoms with Gasteiger partial charge in [-0.3, -0.25) is 19.4 Å². The first-order chi connectivity index (χ1) is 10.1. The van der Waals surface area contributed by atoms with Crippen LogP contribution in [-0.4, -0.2) is 51.7 Å². The number of hydrogen-bond donors (Lipinski definition) is 0. The van der Waals surface area contributed by atoms with Crippen molar-refractivity contribution in [3.05, 3.63) is 35.9 Å². The van der Waals surface area contributed by atoms with Crippen molar-refractivity contribution in [1.82, 2.24) is 9.80 Å². The Morgan fingerprint density at radius 1 is 1.14 bits per heavy atom. The minimum absolute atomic E-state index is 0.0402. The van der Waals surface area contributed by atoms with Crippen molar-refractivity contribution in [3.8, 4) is 0 Å². The molecule has 2 aliphatic rings. The molecule has 0 aliphatic carbocycles. The zero-order chi connectivity index (χ0) is 14.8. The van der Waals surface area contributed by atoms with Crippen LogP contribution < -0.4 is 0 Å². The largest absolute Gasteiger partial charge is 0.281 e. The van der Waals surface area contributed by atoms with Crippen molar-refractivity contribution >= 4 is 23.6 Å². The summed E-state index contributed by atoms with van der Waals surface area (Å²) in [5, 5.41) is 0.360. The van der Waals surface area contributed by atoms with E-state index in [0.717, 1.165) is 17.7 Å². The van der Waals surface area contributed by atoms with E-state index in [4.69, 9.17) is 0 Å². The molecule has 2 amide bonds. The quantitative estimate of drug-likeness (QED) is 0.798. The highest BCUT2D eigenvalue weighted by molar-refractivity contribution is 8.00. The zero-order valence-corrected chi connectivity index (χ0v) is 13.0. The van der Waals surface area contributed by atoms with Gasteiger partial charge in [0.2, 0.25) is 11.8 Å². The first-order valence-electron chi connectivity index (χ1n) is 7.38. The number of benzene rings is 1. The van der Waals surface area contributed by atoms with Gasteiger partial charge in [0.15, 0.2) is 0 Å². The van der Waals surface area contributed by atoms with E-state index in [0.29, 0.717) is 24.9 Å². The molecule has 2 atom stereocenters. The van der Waals surface area contributed by atoms with Gasteiger partial charge in [0.25, 0.3) is 0 Å². The number of rotatable bonds is 3. The molecule has 2 heterocycles. The molecule has 0 saturated carbocycles. The molecule has 0 N–H and O–H groups in total. The Kier molecular flexibility index (Phi) is 4.31. The number of nitrogens with zero attached hydrogens (tertiary/aromatic N) is 2. The highest BCUT2D eigenvalue weighted by Crippen LogP contribution is 2.31. The summed E-state index contributed by atoms with van der Waals surface area (Å²) >= 11 is 1.85. The summed E-state index contributed by atoms with van der Waals surface area (Å²) in [7, 11) is 0. The fourth-order valence-electron chi connectivity index (χ4n) is 3.11. The average Bonchev–Trinajstić information content (AvgIpc) is 2.85. The monoisotopic (exact) mass is 304 g/mol. The molecule has 4 nitrogen and oxygen atoms in total. The Hall–Kier alpha value is -1.33. The van der Waals surface area contributed by atoms with Crippen LogP contribution in [-0.2, 0) is 16.1 Å². The molecule has 2 saturated heterocycles. The number of piperazine rings is 1. The molecule has 2 aliphatic heterocycles. The molecule has 0 aromatic heterocycles. The van der Waals surface area contributed by atoms with Gasteiger partial charge < -0.3 is 0 Å². The summed E-state index contributed by atoms with van der Waals surface area (Å²) < 4.78 is 0. The SMILES string of the molecule is CC1SCCC1N1C(=O)CN(Cc2ccccc2)CC1=O.